The summed E-state index contributed by atoms with van der Waals surface area (Å²) in [5.74, 6) is 0. The molecule has 11 aromatic rings. The van der Waals surface area contributed by atoms with Crippen LogP contribution in [-0.4, -0.2) is 0 Å². The third-order valence-electron chi connectivity index (χ3n) is 10.2. The molecule has 0 N–H and O–H groups in total. The lowest BCUT2D eigenvalue weighted by molar-refractivity contribution is 0.668. The quantitative estimate of drug-likeness (QED) is 0.147. The summed E-state index contributed by atoms with van der Waals surface area (Å²) in [5.41, 5.74) is 11.0. The predicted octanol–water partition coefficient (Wildman–Crippen LogP) is 13.4. The molecule has 0 atom stereocenters. The number of para-hydroxylation sites is 1. The lowest BCUT2D eigenvalue weighted by Gasteiger charge is -2.19. The summed E-state index contributed by atoms with van der Waals surface area (Å²) in [6.07, 6.45) is 0. The highest BCUT2D eigenvalue weighted by molar-refractivity contribution is 6.29. The average molecular weight is 611 g/mol. The molecule has 2 nitrogen and oxygen atoms in total. The number of hydrogen-bond acceptors (Lipinski definition) is 2. The molecule has 0 amide bonds. The van der Waals surface area contributed by atoms with E-state index in [-0.39, 0.29) is 0 Å². The van der Waals surface area contributed by atoms with Crippen LogP contribution in [-0.2, 0) is 0 Å². The monoisotopic (exact) mass is 610 g/mol. The summed E-state index contributed by atoms with van der Waals surface area (Å²) in [7, 11) is 0. The summed E-state index contributed by atoms with van der Waals surface area (Å²) >= 11 is 0. The summed E-state index contributed by atoms with van der Waals surface area (Å²) < 4.78 is 12.5. The van der Waals surface area contributed by atoms with Crippen molar-refractivity contribution in [2.75, 3.05) is 0 Å². The van der Waals surface area contributed by atoms with Crippen molar-refractivity contribution < 1.29 is 8.83 Å². The lowest BCUT2D eigenvalue weighted by atomic mass is 9.83. The summed E-state index contributed by atoms with van der Waals surface area (Å²) in [4.78, 5) is 0. The van der Waals surface area contributed by atoms with Crippen LogP contribution in [0.25, 0.3) is 110 Å². The van der Waals surface area contributed by atoms with Crippen LogP contribution in [0, 0.1) is 0 Å². The molecule has 0 unspecified atom stereocenters. The Hall–Kier alpha value is -6.38. The van der Waals surface area contributed by atoms with Crippen molar-refractivity contribution >= 4 is 76.2 Å². The second-order valence-corrected chi connectivity index (χ2v) is 12.8. The Labute approximate surface area is 275 Å². The molecule has 0 fully saturated rings. The largest absolute Gasteiger partial charge is 0.456 e. The molecule has 0 bridgehead atoms. The van der Waals surface area contributed by atoms with Gasteiger partial charge in [0.15, 0.2) is 0 Å². The highest BCUT2D eigenvalue weighted by Crippen LogP contribution is 2.48. The normalized spacial score (nSPS) is 12.2. The molecule has 0 saturated heterocycles. The van der Waals surface area contributed by atoms with Gasteiger partial charge in [-0.2, -0.15) is 0 Å². The fraction of sp³-hybridized carbons (Fsp3) is 0. The van der Waals surface area contributed by atoms with E-state index in [1.807, 2.05) is 12.1 Å². The predicted molar refractivity (Wildman–Crippen MR) is 201 cm³/mol. The Morgan fingerprint density at radius 2 is 0.833 bits per heavy atom. The highest BCUT2D eigenvalue weighted by Gasteiger charge is 2.21. The Morgan fingerprint density at radius 3 is 1.62 bits per heavy atom. The number of rotatable bonds is 3. The molecule has 2 aromatic heterocycles. The summed E-state index contributed by atoms with van der Waals surface area (Å²) in [5, 5.41) is 12.1. The fourth-order valence-corrected chi connectivity index (χ4v) is 8.17. The van der Waals surface area contributed by atoms with E-state index in [9.17, 15) is 0 Å². The van der Waals surface area contributed by atoms with Crippen LogP contribution in [0.3, 0.4) is 0 Å². The van der Waals surface area contributed by atoms with Crippen LogP contribution in [0.2, 0.25) is 0 Å². The number of furan rings is 2. The number of benzene rings is 9. The van der Waals surface area contributed by atoms with Crippen molar-refractivity contribution in [2.24, 2.45) is 0 Å². The van der Waals surface area contributed by atoms with Crippen LogP contribution in [0.15, 0.2) is 167 Å². The molecular formula is C46H26O2. The van der Waals surface area contributed by atoms with Crippen molar-refractivity contribution in [3.63, 3.8) is 0 Å². The van der Waals surface area contributed by atoms with Gasteiger partial charge in [0.25, 0.3) is 0 Å². The van der Waals surface area contributed by atoms with Crippen LogP contribution in [0.1, 0.15) is 0 Å². The van der Waals surface area contributed by atoms with Gasteiger partial charge in [0, 0.05) is 21.5 Å². The van der Waals surface area contributed by atoms with Crippen LogP contribution < -0.4 is 0 Å². The molecule has 0 aliphatic carbocycles. The first kappa shape index (κ1) is 25.8. The van der Waals surface area contributed by atoms with Gasteiger partial charge >= 0.3 is 0 Å². The molecule has 48 heavy (non-hydrogen) atoms. The Bertz CT molecular complexity index is 3010. The van der Waals surface area contributed by atoms with Crippen molar-refractivity contribution in [2.45, 2.75) is 0 Å². The first-order valence-corrected chi connectivity index (χ1v) is 16.4. The van der Waals surface area contributed by atoms with Crippen LogP contribution in [0.4, 0.5) is 0 Å². The van der Waals surface area contributed by atoms with Crippen molar-refractivity contribution in [3.8, 4) is 33.4 Å². The molecule has 0 aliphatic rings. The maximum Gasteiger partial charge on any atom is 0.136 e. The van der Waals surface area contributed by atoms with Gasteiger partial charge in [0.2, 0.25) is 0 Å². The molecule has 0 spiro atoms. The zero-order chi connectivity index (χ0) is 31.3. The summed E-state index contributed by atoms with van der Waals surface area (Å²) in [6, 6.07) is 56.8. The lowest BCUT2D eigenvalue weighted by Crippen LogP contribution is -1.92. The van der Waals surface area contributed by atoms with E-state index in [2.05, 4.69) is 146 Å². The van der Waals surface area contributed by atoms with E-state index in [4.69, 9.17) is 8.83 Å². The Balaban J connectivity index is 1.19. The second-order valence-electron chi connectivity index (χ2n) is 12.8. The van der Waals surface area contributed by atoms with Gasteiger partial charge in [-0.15, -0.1) is 0 Å². The maximum atomic E-state index is 6.34. The molecule has 2 heteroatoms. The minimum Gasteiger partial charge on any atom is -0.456 e. The average Bonchev–Trinajstić information content (AvgIpc) is 3.72. The zero-order valence-electron chi connectivity index (χ0n) is 25.8. The maximum absolute atomic E-state index is 6.34. The summed E-state index contributed by atoms with van der Waals surface area (Å²) in [6.45, 7) is 0. The van der Waals surface area contributed by atoms with E-state index in [0.717, 1.165) is 33.1 Å². The molecule has 11 rings (SSSR count). The topological polar surface area (TPSA) is 26.3 Å². The van der Waals surface area contributed by atoms with Gasteiger partial charge in [-0.1, -0.05) is 115 Å². The molecule has 0 saturated carbocycles. The van der Waals surface area contributed by atoms with Gasteiger partial charge in [0.1, 0.15) is 22.3 Å². The van der Waals surface area contributed by atoms with E-state index < -0.39 is 0 Å². The molecule has 9 aromatic carbocycles. The highest BCUT2D eigenvalue weighted by atomic mass is 16.3. The standard InChI is InChI=1S/C46H26O2/c1-3-16-34-32(14-1)43(29-11-7-10-27(24-29)28-22-23-40-37(25-28)31-13-5-6-19-39(31)47-40)33-15-2-4-17-35(33)45(34)38-26-30-12-8-20-41-44(30)46-36(38)18-9-21-42(46)48-41/h1-26H. The fourth-order valence-electron chi connectivity index (χ4n) is 8.17. The van der Waals surface area contributed by atoms with Gasteiger partial charge in [0.05, 0.1) is 0 Å². The van der Waals surface area contributed by atoms with E-state index in [1.54, 1.807) is 0 Å². The third-order valence-corrected chi connectivity index (χ3v) is 10.2. The van der Waals surface area contributed by atoms with Gasteiger partial charge in [-0.3, -0.25) is 0 Å². The molecule has 0 radical (unpaired) electrons. The number of hydrogen-bond donors (Lipinski definition) is 0. The third kappa shape index (κ3) is 3.52. The first-order valence-electron chi connectivity index (χ1n) is 16.4. The smallest absolute Gasteiger partial charge is 0.136 e. The van der Waals surface area contributed by atoms with Crippen LogP contribution >= 0.6 is 0 Å². The van der Waals surface area contributed by atoms with Crippen molar-refractivity contribution in [1.29, 1.82) is 0 Å². The van der Waals surface area contributed by atoms with Gasteiger partial charge < -0.3 is 8.83 Å². The van der Waals surface area contributed by atoms with E-state index in [1.165, 1.54) is 76.5 Å². The molecule has 0 aliphatic heterocycles. The Morgan fingerprint density at radius 1 is 0.292 bits per heavy atom. The van der Waals surface area contributed by atoms with Gasteiger partial charge in [-0.05, 0) is 108 Å². The molecule has 2 heterocycles. The second kappa shape index (κ2) is 9.57. The van der Waals surface area contributed by atoms with Crippen molar-refractivity contribution in [1.82, 2.24) is 0 Å². The number of fused-ring (bicyclic) bond motifs is 5. The SMILES string of the molecule is c1cc(-c2ccc3oc4ccccc4c3c2)cc(-c2c3ccccc3c(-c3cc4cccc5oc6cccc3c6c45)c3ccccc23)c1. The van der Waals surface area contributed by atoms with E-state index in [0.29, 0.717) is 0 Å². The first-order chi connectivity index (χ1) is 23.8. The minimum atomic E-state index is 0.912. The van der Waals surface area contributed by atoms with Crippen LogP contribution in [0.5, 0.6) is 0 Å². The van der Waals surface area contributed by atoms with Crippen molar-refractivity contribution in [3.05, 3.63) is 158 Å². The zero-order valence-corrected chi connectivity index (χ0v) is 25.8. The van der Waals surface area contributed by atoms with Gasteiger partial charge in [-0.25, -0.2) is 0 Å². The molecular weight excluding hydrogens is 585 g/mol. The Kier molecular flexibility index (Phi) is 5.14. The molecule has 222 valence electrons. The van der Waals surface area contributed by atoms with E-state index >= 15 is 0 Å². The minimum absolute atomic E-state index is 0.912.